The maximum absolute atomic E-state index is 12.5. The Balaban J connectivity index is 2.21. The summed E-state index contributed by atoms with van der Waals surface area (Å²) in [5.74, 6) is -1.64. The van der Waals surface area contributed by atoms with Gasteiger partial charge < -0.3 is 19.9 Å². The number of ether oxygens (including phenoxy) is 2. The minimum atomic E-state index is -1.18. The lowest BCUT2D eigenvalue weighted by Crippen LogP contribution is -2.10. The predicted octanol–water partition coefficient (Wildman–Crippen LogP) is 5.17. The molecule has 0 bridgehead atoms. The normalized spacial score (nSPS) is 10.6. The fourth-order valence-corrected chi connectivity index (χ4v) is 3.17. The molecule has 0 aliphatic carbocycles. The van der Waals surface area contributed by atoms with Gasteiger partial charge in [0.25, 0.3) is 0 Å². The van der Waals surface area contributed by atoms with E-state index in [1.54, 1.807) is 25.1 Å². The summed E-state index contributed by atoms with van der Waals surface area (Å²) < 4.78 is 10.3. The quantitative estimate of drug-likeness (QED) is 0.516. The molecule has 0 atom stereocenters. The van der Waals surface area contributed by atoms with Gasteiger partial charge in [0.1, 0.15) is 16.9 Å². The number of benzene rings is 2. The van der Waals surface area contributed by atoms with Gasteiger partial charge in [-0.1, -0.05) is 23.2 Å². The van der Waals surface area contributed by atoms with E-state index in [9.17, 15) is 14.7 Å². The van der Waals surface area contributed by atoms with E-state index < -0.39 is 11.9 Å². The first kappa shape index (κ1) is 20.7. The Morgan fingerprint density at radius 3 is 2.59 bits per heavy atom. The van der Waals surface area contributed by atoms with Crippen LogP contribution < -0.4 is 10.1 Å². The Kier molecular flexibility index (Phi) is 6.10. The number of anilines is 2. The first-order valence-corrected chi connectivity index (χ1v) is 9.24. The highest BCUT2D eigenvalue weighted by atomic mass is 35.5. The summed E-state index contributed by atoms with van der Waals surface area (Å²) in [6, 6.07) is 7.77. The third-order valence-electron chi connectivity index (χ3n) is 4.10. The molecule has 1 aromatic heterocycles. The zero-order valence-electron chi connectivity index (χ0n) is 15.5. The van der Waals surface area contributed by atoms with Crippen LogP contribution in [0.2, 0.25) is 10.0 Å². The molecule has 0 aliphatic heterocycles. The molecule has 0 radical (unpaired) electrons. The molecule has 0 saturated heterocycles. The number of carboxylic acids is 1. The lowest BCUT2D eigenvalue weighted by molar-refractivity contribution is 0.0526. The number of hydrogen-bond donors (Lipinski definition) is 2. The van der Waals surface area contributed by atoms with Crippen LogP contribution in [0, 0.1) is 0 Å². The molecule has 0 amide bonds. The van der Waals surface area contributed by atoms with Crippen LogP contribution in [0.4, 0.5) is 11.4 Å². The van der Waals surface area contributed by atoms with Crippen LogP contribution in [-0.2, 0) is 4.74 Å². The van der Waals surface area contributed by atoms with Crippen molar-refractivity contribution >= 4 is 57.4 Å². The fourth-order valence-electron chi connectivity index (χ4n) is 2.78. The summed E-state index contributed by atoms with van der Waals surface area (Å²) in [5, 5.41) is 13.5. The zero-order valence-corrected chi connectivity index (χ0v) is 17.0. The van der Waals surface area contributed by atoms with E-state index in [4.69, 9.17) is 32.7 Å². The summed E-state index contributed by atoms with van der Waals surface area (Å²) in [6.07, 6.45) is 1.40. The summed E-state index contributed by atoms with van der Waals surface area (Å²) in [5.41, 5.74) is 1.40. The maximum atomic E-state index is 12.5. The lowest BCUT2D eigenvalue weighted by Gasteiger charge is -2.16. The van der Waals surface area contributed by atoms with Gasteiger partial charge >= 0.3 is 11.9 Å². The molecule has 9 heteroatoms. The number of carbonyl (C=O) groups excluding carboxylic acids is 1. The summed E-state index contributed by atoms with van der Waals surface area (Å²) >= 11 is 12.4. The van der Waals surface area contributed by atoms with Crippen molar-refractivity contribution in [3.8, 4) is 5.75 Å². The number of rotatable bonds is 6. The number of pyridine rings is 1. The average molecular weight is 435 g/mol. The minimum absolute atomic E-state index is 0.0868. The molecule has 7 nitrogen and oxygen atoms in total. The molecule has 2 aromatic carbocycles. The van der Waals surface area contributed by atoms with Crippen molar-refractivity contribution in [2.75, 3.05) is 19.0 Å². The Labute approximate surface area is 176 Å². The van der Waals surface area contributed by atoms with Crippen LogP contribution in [0.5, 0.6) is 5.75 Å². The van der Waals surface area contributed by atoms with Crippen LogP contribution >= 0.6 is 23.2 Å². The SMILES string of the molecule is CCOC(=O)c1cnc2ccc(Cl)cc2c1Nc1cc(OC)c(C(=O)O)cc1Cl. The molecule has 0 fully saturated rings. The first-order valence-electron chi connectivity index (χ1n) is 8.49. The van der Waals surface area contributed by atoms with Crippen molar-refractivity contribution in [1.29, 1.82) is 0 Å². The van der Waals surface area contributed by atoms with Crippen LogP contribution in [0.3, 0.4) is 0 Å². The number of fused-ring (bicyclic) bond motifs is 1. The second kappa shape index (κ2) is 8.55. The van der Waals surface area contributed by atoms with Crippen LogP contribution in [0.15, 0.2) is 36.5 Å². The maximum Gasteiger partial charge on any atom is 0.341 e. The molecule has 29 heavy (non-hydrogen) atoms. The van der Waals surface area contributed by atoms with Crippen LogP contribution in [-0.4, -0.2) is 35.7 Å². The second-order valence-electron chi connectivity index (χ2n) is 5.89. The van der Waals surface area contributed by atoms with Gasteiger partial charge in [0.15, 0.2) is 0 Å². The molecule has 0 spiro atoms. The lowest BCUT2D eigenvalue weighted by atomic mass is 10.1. The van der Waals surface area contributed by atoms with Gasteiger partial charge in [-0.2, -0.15) is 0 Å². The number of esters is 1. The minimum Gasteiger partial charge on any atom is -0.496 e. The van der Waals surface area contributed by atoms with Crippen molar-refractivity contribution in [2.24, 2.45) is 0 Å². The molecule has 1 heterocycles. The van der Waals surface area contributed by atoms with E-state index in [0.29, 0.717) is 27.3 Å². The van der Waals surface area contributed by atoms with Crippen LogP contribution in [0.1, 0.15) is 27.6 Å². The van der Waals surface area contributed by atoms with Crippen molar-refractivity contribution in [3.05, 3.63) is 57.7 Å². The van der Waals surface area contributed by atoms with Gasteiger partial charge in [-0.15, -0.1) is 0 Å². The number of hydrogen-bond acceptors (Lipinski definition) is 6. The molecule has 150 valence electrons. The third kappa shape index (κ3) is 4.21. The summed E-state index contributed by atoms with van der Waals surface area (Å²) in [6.45, 7) is 1.89. The van der Waals surface area contributed by atoms with E-state index in [1.807, 2.05) is 0 Å². The van der Waals surface area contributed by atoms with Gasteiger partial charge in [-0.25, -0.2) is 9.59 Å². The number of nitrogens with one attached hydrogen (secondary N) is 1. The van der Waals surface area contributed by atoms with Gasteiger partial charge in [0.2, 0.25) is 0 Å². The van der Waals surface area contributed by atoms with E-state index in [1.165, 1.54) is 25.4 Å². The highest BCUT2D eigenvalue weighted by Crippen LogP contribution is 2.37. The Bertz CT molecular complexity index is 1120. The van der Waals surface area contributed by atoms with Crippen molar-refractivity contribution in [1.82, 2.24) is 4.98 Å². The largest absolute Gasteiger partial charge is 0.496 e. The molecular formula is C20H16Cl2N2O5. The van der Waals surface area contributed by atoms with Gasteiger partial charge in [-0.05, 0) is 31.2 Å². The van der Waals surface area contributed by atoms with Crippen LogP contribution in [0.25, 0.3) is 10.9 Å². The number of aromatic carboxylic acids is 1. The van der Waals surface area contributed by atoms with E-state index in [2.05, 4.69) is 10.3 Å². The topological polar surface area (TPSA) is 97.8 Å². The van der Waals surface area contributed by atoms with E-state index >= 15 is 0 Å². The van der Waals surface area contributed by atoms with Gasteiger partial charge in [0.05, 0.1) is 35.6 Å². The van der Waals surface area contributed by atoms with Gasteiger partial charge in [0, 0.05) is 22.7 Å². The Morgan fingerprint density at radius 2 is 1.93 bits per heavy atom. The molecule has 3 rings (SSSR count). The molecule has 3 aromatic rings. The Morgan fingerprint density at radius 1 is 1.17 bits per heavy atom. The second-order valence-corrected chi connectivity index (χ2v) is 6.73. The number of nitrogens with zero attached hydrogens (tertiary/aromatic N) is 1. The molecular weight excluding hydrogens is 419 g/mol. The van der Waals surface area contributed by atoms with Crippen molar-refractivity contribution < 1.29 is 24.2 Å². The summed E-state index contributed by atoms with van der Waals surface area (Å²) in [4.78, 5) is 28.1. The smallest absolute Gasteiger partial charge is 0.341 e. The Hall–Kier alpha value is -3.03. The highest BCUT2D eigenvalue weighted by Gasteiger charge is 2.20. The highest BCUT2D eigenvalue weighted by molar-refractivity contribution is 6.34. The van der Waals surface area contributed by atoms with Gasteiger partial charge in [-0.3, -0.25) is 4.98 Å². The third-order valence-corrected chi connectivity index (χ3v) is 4.65. The molecule has 0 saturated carbocycles. The van der Waals surface area contributed by atoms with E-state index in [0.717, 1.165) is 0 Å². The van der Waals surface area contributed by atoms with Crippen molar-refractivity contribution in [3.63, 3.8) is 0 Å². The molecule has 0 aliphatic rings. The first-order chi connectivity index (χ1) is 13.8. The number of carbonyl (C=O) groups is 2. The summed E-state index contributed by atoms with van der Waals surface area (Å²) in [7, 11) is 1.35. The monoisotopic (exact) mass is 434 g/mol. The van der Waals surface area contributed by atoms with E-state index in [-0.39, 0.29) is 28.5 Å². The number of methoxy groups -OCH3 is 1. The standard InChI is InChI=1S/C20H16Cl2N2O5/c1-3-29-20(27)13-9-23-15-5-4-10(21)6-11(15)18(13)24-16-8-17(28-2)12(19(25)26)7-14(16)22/h4-9H,3H2,1-2H3,(H,23,24)(H,25,26). The zero-order chi connectivity index (χ0) is 21.1. The fraction of sp³-hybridized carbons (Fsp3) is 0.150. The van der Waals surface area contributed by atoms with Crippen molar-refractivity contribution in [2.45, 2.75) is 6.92 Å². The molecule has 2 N–H and O–H groups in total. The number of halogens is 2. The molecule has 0 unspecified atom stereocenters. The number of carboxylic acid groups (broad SMARTS) is 1. The average Bonchev–Trinajstić information content (AvgIpc) is 2.69. The number of aromatic nitrogens is 1. The predicted molar refractivity (Wildman–Crippen MR) is 111 cm³/mol.